The summed E-state index contributed by atoms with van der Waals surface area (Å²) in [5.41, 5.74) is 2.74. The summed E-state index contributed by atoms with van der Waals surface area (Å²) in [4.78, 5) is 3.39. The minimum absolute atomic E-state index is 0.638. The molecule has 90 valence electrons. The van der Waals surface area contributed by atoms with Gasteiger partial charge >= 0.3 is 0 Å². The fourth-order valence-corrected chi connectivity index (χ4v) is 3.03. The molecule has 1 saturated heterocycles. The summed E-state index contributed by atoms with van der Waals surface area (Å²) in [7, 11) is 0. The molecule has 0 aliphatic carbocycles. The first-order chi connectivity index (χ1) is 8.36. The standard InChI is InChI=1S/C15H20N2/c1-11(12-5-4-8-16-9-12)14-10-17-15-7-3-2-6-13(14)15/h2-3,6-7,10-12,16-17H,4-5,8-9H2,1H3. The molecule has 2 nitrogen and oxygen atoms in total. The Morgan fingerprint density at radius 2 is 2.18 bits per heavy atom. The monoisotopic (exact) mass is 228 g/mol. The largest absolute Gasteiger partial charge is 0.361 e. The van der Waals surface area contributed by atoms with Crippen molar-refractivity contribution in [2.45, 2.75) is 25.7 Å². The second-order valence-electron chi connectivity index (χ2n) is 5.18. The summed E-state index contributed by atoms with van der Waals surface area (Å²) < 4.78 is 0. The van der Waals surface area contributed by atoms with Crippen LogP contribution in [-0.2, 0) is 0 Å². The van der Waals surface area contributed by atoms with Gasteiger partial charge in [0.1, 0.15) is 0 Å². The molecule has 1 fully saturated rings. The number of aromatic nitrogens is 1. The minimum atomic E-state index is 0.638. The first-order valence-corrected chi connectivity index (χ1v) is 6.63. The Balaban J connectivity index is 1.92. The number of piperidine rings is 1. The second-order valence-corrected chi connectivity index (χ2v) is 5.18. The number of hydrogen-bond acceptors (Lipinski definition) is 1. The Labute approximate surface area is 102 Å². The van der Waals surface area contributed by atoms with Crippen molar-refractivity contribution in [3.05, 3.63) is 36.0 Å². The summed E-state index contributed by atoms with van der Waals surface area (Å²) in [5, 5.41) is 4.91. The van der Waals surface area contributed by atoms with E-state index in [0.29, 0.717) is 5.92 Å². The van der Waals surface area contributed by atoms with Gasteiger partial charge in [-0.25, -0.2) is 0 Å². The van der Waals surface area contributed by atoms with Crippen LogP contribution in [0.15, 0.2) is 30.5 Å². The predicted octanol–water partition coefficient (Wildman–Crippen LogP) is 3.27. The maximum Gasteiger partial charge on any atom is 0.0456 e. The van der Waals surface area contributed by atoms with E-state index in [-0.39, 0.29) is 0 Å². The summed E-state index contributed by atoms with van der Waals surface area (Å²) in [6.45, 7) is 4.73. The van der Waals surface area contributed by atoms with Crippen molar-refractivity contribution < 1.29 is 0 Å². The van der Waals surface area contributed by atoms with Gasteiger partial charge in [0, 0.05) is 17.1 Å². The minimum Gasteiger partial charge on any atom is -0.361 e. The first-order valence-electron chi connectivity index (χ1n) is 6.63. The molecule has 2 unspecified atom stereocenters. The molecule has 0 radical (unpaired) electrons. The Kier molecular flexibility index (Phi) is 2.89. The Bertz CT molecular complexity index is 494. The van der Waals surface area contributed by atoms with Crippen LogP contribution in [0.25, 0.3) is 10.9 Å². The van der Waals surface area contributed by atoms with Crippen molar-refractivity contribution in [2.75, 3.05) is 13.1 Å². The molecule has 1 aliphatic heterocycles. The van der Waals surface area contributed by atoms with Crippen LogP contribution < -0.4 is 5.32 Å². The van der Waals surface area contributed by atoms with Gasteiger partial charge in [0.25, 0.3) is 0 Å². The molecule has 2 aromatic rings. The Morgan fingerprint density at radius 3 is 3.00 bits per heavy atom. The molecule has 2 heteroatoms. The first kappa shape index (κ1) is 10.8. The summed E-state index contributed by atoms with van der Waals surface area (Å²) >= 11 is 0. The highest BCUT2D eigenvalue weighted by molar-refractivity contribution is 5.83. The maximum atomic E-state index is 3.52. The summed E-state index contributed by atoms with van der Waals surface area (Å²) in [6, 6.07) is 8.61. The molecule has 2 N–H and O–H groups in total. The Hall–Kier alpha value is -1.28. The van der Waals surface area contributed by atoms with Crippen LogP contribution >= 0.6 is 0 Å². The highest BCUT2D eigenvalue weighted by Gasteiger charge is 2.22. The average molecular weight is 228 g/mol. The SMILES string of the molecule is CC(c1c[nH]c2ccccc12)C1CCCNC1. The van der Waals surface area contributed by atoms with Crippen LogP contribution in [0, 0.1) is 5.92 Å². The van der Waals surface area contributed by atoms with Crippen molar-refractivity contribution in [2.24, 2.45) is 5.92 Å². The quantitative estimate of drug-likeness (QED) is 0.811. The molecule has 0 bridgehead atoms. The number of hydrogen-bond donors (Lipinski definition) is 2. The highest BCUT2D eigenvalue weighted by Crippen LogP contribution is 2.33. The van der Waals surface area contributed by atoms with E-state index in [1.807, 2.05) is 0 Å². The second kappa shape index (κ2) is 4.53. The van der Waals surface area contributed by atoms with Gasteiger partial charge in [-0.05, 0) is 49.4 Å². The number of H-pyrrole nitrogens is 1. The molecule has 0 amide bonds. The zero-order valence-corrected chi connectivity index (χ0v) is 10.4. The third kappa shape index (κ3) is 1.98. The molecule has 1 aromatic heterocycles. The number of para-hydroxylation sites is 1. The number of fused-ring (bicyclic) bond motifs is 1. The Morgan fingerprint density at radius 1 is 1.29 bits per heavy atom. The molecule has 0 saturated carbocycles. The van der Waals surface area contributed by atoms with Crippen molar-refractivity contribution in [1.82, 2.24) is 10.3 Å². The third-order valence-electron chi connectivity index (χ3n) is 4.15. The predicted molar refractivity (Wildman–Crippen MR) is 72.3 cm³/mol. The molecular weight excluding hydrogens is 208 g/mol. The third-order valence-corrected chi connectivity index (χ3v) is 4.15. The fourth-order valence-electron chi connectivity index (χ4n) is 3.03. The van der Waals surface area contributed by atoms with Crippen molar-refractivity contribution in [3.63, 3.8) is 0 Å². The smallest absolute Gasteiger partial charge is 0.0456 e. The van der Waals surface area contributed by atoms with Crippen LogP contribution in [0.3, 0.4) is 0 Å². The lowest BCUT2D eigenvalue weighted by Gasteiger charge is -2.28. The zero-order chi connectivity index (χ0) is 11.7. The van der Waals surface area contributed by atoms with Gasteiger partial charge in [-0.1, -0.05) is 25.1 Å². The van der Waals surface area contributed by atoms with E-state index in [1.165, 1.54) is 42.4 Å². The van der Waals surface area contributed by atoms with E-state index in [0.717, 1.165) is 5.92 Å². The van der Waals surface area contributed by atoms with Gasteiger partial charge < -0.3 is 10.3 Å². The van der Waals surface area contributed by atoms with Crippen LogP contribution in [0.2, 0.25) is 0 Å². The van der Waals surface area contributed by atoms with E-state index in [4.69, 9.17) is 0 Å². The van der Waals surface area contributed by atoms with Gasteiger partial charge in [0.2, 0.25) is 0 Å². The molecular formula is C15H20N2. The lowest BCUT2D eigenvalue weighted by atomic mass is 9.83. The van der Waals surface area contributed by atoms with Crippen LogP contribution in [0.4, 0.5) is 0 Å². The summed E-state index contributed by atoms with van der Waals surface area (Å²) in [5.74, 6) is 1.42. The number of rotatable bonds is 2. The molecule has 3 rings (SSSR count). The maximum absolute atomic E-state index is 3.52. The van der Waals surface area contributed by atoms with Crippen molar-refractivity contribution in [3.8, 4) is 0 Å². The highest BCUT2D eigenvalue weighted by atomic mass is 14.9. The number of benzene rings is 1. The zero-order valence-electron chi connectivity index (χ0n) is 10.4. The molecule has 0 spiro atoms. The van der Waals surface area contributed by atoms with E-state index in [9.17, 15) is 0 Å². The lowest BCUT2D eigenvalue weighted by Crippen LogP contribution is -2.32. The van der Waals surface area contributed by atoms with Crippen LogP contribution in [0.5, 0.6) is 0 Å². The number of aromatic amines is 1. The van der Waals surface area contributed by atoms with E-state index in [1.54, 1.807) is 0 Å². The number of nitrogens with one attached hydrogen (secondary N) is 2. The van der Waals surface area contributed by atoms with Gasteiger partial charge in [-0.2, -0.15) is 0 Å². The molecule has 1 aliphatic rings. The van der Waals surface area contributed by atoms with Gasteiger partial charge in [0.15, 0.2) is 0 Å². The van der Waals surface area contributed by atoms with E-state index in [2.05, 4.69) is 47.7 Å². The average Bonchev–Trinajstić information content (AvgIpc) is 2.83. The van der Waals surface area contributed by atoms with Crippen LogP contribution in [-0.4, -0.2) is 18.1 Å². The normalized spacial score (nSPS) is 22.8. The molecule has 2 atom stereocenters. The van der Waals surface area contributed by atoms with Crippen LogP contribution in [0.1, 0.15) is 31.2 Å². The lowest BCUT2D eigenvalue weighted by molar-refractivity contribution is 0.335. The molecule has 2 heterocycles. The fraction of sp³-hybridized carbons (Fsp3) is 0.467. The van der Waals surface area contributed by atoms with E-state index >= 15 is 0 Å². The molecule has 17 heavy (non-hydrogen) atoms. The molecule has 1 aromatic carbocycles. The van der Waals surface area contributed by atoms with E-state index < -0.39 is 0 Å². The van der Waals surface area contributed by atoms with Gasteiger partial charge in [-0.3, -0.25) is 0 Å². The topological polar surface area (TPSA) is 27.8 Å². The van der Waals surface area contributed by atoms with Gasteiger partial charge in [0.05, 0.1) is 0 Å². The van der Waals surface area contributed by atoms with Crippen molar-refractivity contribution in [1.29, 1.82) is 0 Å². The summed E-state index contributed by atoms with van der Waals surface area (Å²) in [6.07, 6.45) is 4.87. The van der Waals surface area contributed by atoms with Gasteiger partial charge in [-0.15, -0.1) is 0 Å². The van der Waals surface area contributed by atoms with Crippen molar-refractivity contribution >= 4 is 10.9 Å².